The van der Waals surface area contributed by atoms with Gasteiger partial charge in [0.2, 0.25) is 17.7 Å². The van der Waals surface area contributed by atoms with E-state index in [1.165, 1.54) is 9.80 Å². The number of imide groups is 1. The summed E-state index contributed by atoms with van der Waals surface area (Å²) >= 11 is 12.4. The third-order valence-corrected chi connectivity index (χ3v) is 9.97. The van der Waals surface area contributed by atoms with Gasteiger partial charge in [-0.15, -0.1) is 0 Å². The maximum Gasteiger partial charge on any atom is 0.316 e. The molecule has 2 aliphatic heterocycles. The molecule has 2 heterocycles. The van der Waals surface area contributed by atoms with Crippen molar-refractivity contribution in [3.8, 4) is 5.75 Å². The summed E-state index contributed by atoms with van der Waals surface area (Å²) in [5.74, 6) is -3.01. The van der Waals surface area contributed by atoms with E-state index < -0.39 is 23.7 Å². The van der Waals surface area contributed by atoms with Crippen LogP contribution in [0.4, 0.5) is 11.4 Å². The van der Waals surface area contributed by atoms with Crippen molar-refractivity contribution < 1.29 is 23.9 Å². The van der Waals surface area contributed by atoms with Crippen molar-refractivity contribution in [2.75, 3.05) is 16.3 Å². The molecule has 9 rings (SSSR count). The van der Waals surface area contributed by atoms with Crippen molar-refractivity contribution in [1.29, 1.82) is 0 Å². The predicted octanol–water partition coefficient (Wildman–Crippen LogP) is 6.35. The Morgan fingerprint density at radius 2 is 1.27 bits per heavy atom. The first-order valence-corrected chi connectivity index (χ1v) is 15.2. The second-order valence-corrected chi connectivity index (χ2v) is 12.5. The molecule has 0 spiro atoms. The molecule has 0 unspecified atom stereocenters. The lowest BCUT2D eigenvalue weighted by Gasteiger charge is -2.45. The quantitative estimate of drug-likeness (QED) is 0.150. The number of anilines is 2. The standard InChI is InChI=1S/C35H24Cl2N2O5/c36-19-9-14-26(37)27(16-19)38-17-18(15-28(38)40)35(43)44-21-12-10-20(11-13-21)39-33(41)31-29-22-5-1-2-6-23(22)30(32(31)34(39)42)25-8-4-3-7-24(25)29/h1-14,16,18,29-32H,15,17H2/t18-,29?,30?,31+,32+/m0/s1. The fraction of sp³-hybridized carbons (Fsp3) is 0.200. The van der Waals surface area contributed by atoms with Gasteiger partial charge in [0, 0.05) is 29.8 Å². The Hall–Kier alpha value is -4.46. The van der Waals surface area contributed by atoms with Gasteiger partial charge in [-0.25, -0.2) is 4.90 Å². The Morgan fingerprint density at radius 1 is 0.727 bits per heavy atom. The summed E-state index contributed by atoms with van der Waals surface area (Å²) in [4.78, 5) is 56.4. The first-order chi connectivity index (χ1) is 21.3. The normalized spacial score (nSPS) is 24.8. The maximum atomic E-state index is 14.0. The molecule has 9 heteroatoms. The van der Waals surface area contributed by atoms with Crippen LogP contribution in [0.2, 0.25) is 10.0 Å². The summed E-state index contributed by atoms with van der Waals surface area (Å²) < 4.78 is 5.61. The molecule has 218 valence electrons. The van der Waals surface area contributed by atoms with Crippen LogP contribution in [0.3, 0.4) is 0 Å². The molecule has 4 aromatic carbocycles. The molecule has 3 amide bonds. The number of carbonyl (C=O) groups excluding carboxylic acids is 4. The van der Waals surface area contributed by atoms with Crippen LogP contribution < -0.4 is 14.5 Å². The monoisotopic (exact) mass is 622 g/mol. The SMILES string of the molecule is O=C(Oc1ccc(N2C(=O)[C@@H]3C4c5ccccc5C(c5ccccc54)[C@H]3C2=O)cc1)[C@H]1CC(=O)N(c2cc(Cl)ccc2Cl)C1. The molecular formula is C35H24Cl2N2O5. The predicted molar refractivity (Wildman–Crippen MR) is 165 cm³/mol. The van der Waals surface area contributed by atoms with Crippen molar-refractivity contribution in [1.82, 2.24) is 0 Å². The average molecular weight is 623 g/mol. The van der Waals surface area contributed by atoms with Crippen LogP contribution in [0.1, 0.15) is 40.5 Å². The summed E-state index contributed by atoms with van der Waals surface area (Å²) in [7, 11) is 0. The molecule has 2 fully saturated rings. The zero-order chi connectivity index (χ0) is 30.3. The topological polar surface area (TPSA) is 84.0 Å². The van der Waals surface area contributed by atoms with E-state index >= 15 is 0 Å². The van der Waals surface area contributed by atoms with Crippen molar-refractivity contribution in [2.24, 2.45) is 17.8 Å². The lowest BCUT2D eigenvalue weighted by Crippen LogP contribution is -2.41. The lowest BCUT2D eigenvalue weighted by molar-refractivity contribution is -0.139. The summed E-state index contributed by atoms with van der Waals surface area (Å²) in [5, 5.41) is 0.790. The number of hydrogen-bond donors (Lipinski definition) is 0. The second kappa shape index (κ2) is 10.0. The first kappa shape index (κ1) is 27.1. The highest BCUT2D eigenvalue weighted by molar-refractivity contribution is 6.36. The number of rotatable bonds is 4. The Morgan fingerprint density at radius 3 is 1.82 bits per heavy atom. The van der Waals surface area contributed by atoms with Gasteiger partial charge in [0.15, 0.2) is 0 Å². The summed E-state index contributed by atoms with van der Waals surface area (Å²) in [6.45, 7) is 0.114. The van der Waals surface area contributed by atoms with Crippen LogP contribution in [0.25, 0.3) is 0 Å². The summed E-state index contributed by atoms with van der Waals surface area (Å²) in [6, 6.07) is 27.4. The van der Waals surface area contributed by atoms with Crippen LogP contribution >= 0.6 is 23.2 Å². The molecule has 3 aliphatic carbocycles. The van der Waals surface area contributed by atoms with Gasteiger partial charge in [0.05, 0.1) is 34.2 Å². The van der Waals surface area contributed by atoms with E-state index in [1.807, 2.05) is 24.3 Å². The first-order valence-electron chi connectivity index (χ1n) is 14.4. The molecule has 0 saturated carbocycles. The Labute approximate surface area is 262 Å². The fourth-order valence-corrected chi connectivity index (χ4v) is 7.97. The van der Waals surface area contributed by atoms with Crippen LogP contribution in [0.15, 0.2) is 91.0 Å². The number of ether oxygens (including phenoxy) is 1. The minimum Gasteiger partial charge on any atom is -0.426 e. The van der Waals surface area contributed by atoms with E-state index in [2.05, 4.69) is 24.3 Å². The average Bonchev–Trinajstić information content (AvgIpc) is 3.55. The van der Waals surface area contributed by atoms with Crippen molar-refractivity contribution >= 4 is 58.3 Å². The molecule has 5 aliphatic rings. The van der Waals surface area contributed by atoms with Gasteiger partial charge in [0.25, 0.3) is 0 Å². The van der Waals surface area contributed by atoms with Gasteiger partial charge in [-0.05, 0) is 64.7 Å². The van der Waals surface area contributed by atoms with Gasteiger partial charge < -0.3 is 9.64 Å². The minimum absolute atomic E-state index is 0.0214. The van der Waals surface area contributed by atoms with Gasteiger partial charge in [-0.1, -0.05) is 71.7 Å². The molecule has 0 radical (unpaired) electrons. The van der Waals surface area contributed by atoms with Gasteiger partial charge in [0.1, 0.15) is 5.75 Å². The third kappa shape index (κ3) is 3.96. The number of esters is 1. The molecule has 2 bridgehead atoms. The fourth-order valence-electron chi connectivity index (χ4n) is 7.59. The molecule has 0 aromatic heterocycles. The van der Waals surface area contributed by atoms with E-state index in [9.17, 15) is 19.2 Å². The number of benzene rings is 4. The Balaban J connectivity index is 1.02. The van der Waals surface area contributed by atoms with Gasteiger partial charge >= 0.3 is 5.97 Å². The largest absolute Gasteiger partial charge is 0.426 e. The number of nitrogens with zero attached hydrogens (tertiary/aromatic N) is 2. The third-order valence-electron chi connectivity index (χ3n) is 9.42. The molecule has 44 heavy (non-hydrogen) atoms. The number of hydrogen-bond acceptors (Lipinski definition) is 5. The van der Waals surface area contributed by atoms with Crippen molar-refractivity contribution in [3.63, 3.8) is 0 Å². The molecule has 4 aromatic rings. The maximum absolute atomic E-state index is 14.0. The zero-order valence-corrected chi connectivity index (χ0v) is 24.7. The zero-order valence-electron chi connectivity index (χ0n) is 23.2. The van der Waals surface area contributed by atoms with E-state index in [0.717, 1.165) is 22.3 Å². The number of halogens is 2. The summed E-state index contributed by atoms with van der Waals surface area (Å²) in [5.41, 5.74) is 5.34. The summed E-state index contributed by atoms with van der Waals surface area (Å²) in [6.07, 6.45) is -0.0214. The highest BCUT2D eigenvalue weighted by atomic mass is 35.5. The highest BCUT2D eigenvalue weighted by Gasteiger charge is 2.61. The van der Waals surface area contributed by atoms with Crippen LogP contribution in [-0.2, 0) is 19.2 Å². The number of carbonyl (C=O) groups is 4. The van der Waals surface area contributed by atoms with E-state index in [4.69, 9.17) is 27.9 Å². The van der Waals surface area contributed by atoms with Crippen LogP contribution in [-0.4, -0.2) is 30.2 Å². The van der Waals surface area contributed by atoms with Gasteiger partial charge in [-0.3, -0.25) is 19.2 Å². The van der Waals surface area contributed by atoms with Crippen LogP contribution in [0.5, 0.6) is 5.75 Å². The number of amides is 3. The molecule has 2 saturated heterocycles. The minimum atomic E-state index is -0.694. The highest BCUT2D eigenvalue weighted by Crippen LogP contribution is 2.61. The smallest absolute Gasteiger partial charge is 0.316 e. The van der Waals surface area contributed by atoms with Crippen molar-refractivity contribution in [3.05, 3.63) is 123 Å². The lowest BCUT2D eigenvalue weighted by atomic mass is 9.55. The molecule has 3 atom stereocenters. The second-order valence-electron chi connectivity index (χ2n) is 11.7. The van der Waals surface area contributed by atoms with Crippen LogP contribution in [0, 0.1) is 17.8 Å². The Bertz CT molecular complexity index is 1790. The van der Waals surface area contributed by atoms with E-state index in [1.54, 1.807) is 42.5 Å². The molecule has 7 nitrogen and oxygen atoms in total. The molecular weight excluding hydrogens is 599 g/mol. The molecule has 0 N–H and O–H groups in total. The van der Waals surface area contributed by atoms with E-state index in [-0.39, 0.29) is 48.3 Å². The Kier molecular flexibility index (Phi) is 6.19. The van der Waals surface area contributed by atoms with Crippen molar-refractivity contribution in [2.45, 2.75) is 18.3 Å². The van der Waals surface area contributed by atoms with Gasteiger partial charge in [-0.2, -0.15) is 0 Å². The van der Waals surface area contributed by atoms with E-state index in [0.29, 0.717) is 21.4 Å².